The first-order valence-corrected chi connectivity index (χ1v) is 6.58. The standard InChI is InChI=1S/C15H20FNO/c16-14-7-3-6-13(10-14)15(18)11-17-9-8-12-4-1-2-5-12/h3-4,6-7,10,15,17-18H,1-2,5,8-9,11H2. The number of rotatable bonds is 6. The molecule has 0 radical (unpaired) electrons. The maximum Gasteiger partial charge on any atom is 0.123 e. The number of hydrogen-bond acceptors (Lipinski definition) is 2. The van der Waals surface area contributed by atoms with Crippen LogP contribution in [0.2, 0.25) is 0 Å². The SMILES string of the molecule is OC(CNCCC1=CCCC1)c1cccc(F)c1. The highest BCUT2D eigenvalue weighted by Crippen LogP contribution is 2.20. The molecule has 0 aliphatic heterocycles. The quantitative estimate of drug-likeness (QED) is 0.600. The third-order valence-corrected chi connectivity index (χ3v) is 3.33. The summed E-state index contributed by atoms with van der Waals surface area (Å²) in [5.74, 6) is -0.303. The molecule has 1 aromatic carbocycles. The van der Waals surface area contributed by atoms with Crippen molar-refractivity contribution in [3.8, 4) is 0 Å². The van der Waals surface area contributed by atoms with Crippen molar-refractivity contribution >= 4 is 0 Å². The summed E-state index contributed by atoms with van der Waals surface area (Å²) in [6.07, 6.45) is 6.43. The van der Waals surface area contributed by atoms with Gasteiger partial charge in [0.25, 0.3) is 0 Å². The highest BCUT2D eigenvalue weighted by Gasteiger charge is 2.08. The van der Waals surface area contributed by atoms with E-state index in [-0.39, 0.29) is 5.82 Å². The lowest BCUT2D eigenvalue weighted by atomic mass is 10.1. The smallest absolute Gasteiger partial charge is 0.123 e. The number of allylic oxidation sites excluding steroid dienone is 1. The van der Waals surface area contributed by atoms with Crippen molar-refractivity contribution in [1.29, 1.82) is 0 Å². The molecule has 0 aromatic heterocycles. The van der Waals surface area contributed by atoms with Crippen LogP contribution in [-0.2, 0) is 0 Å². The number of aliphatic hydroxyl groups excluding tert-OH is 1. The Morgan fingerprint density at radius 3 is 3.00 bits per heavy atom. The maximum absolute atomic E-state index is 13.0. The molecular weight excluding hydrogens is 229 g/mol. The Hall–Kier alpha value is -1.19. The third kappa shape index (κ3) is 3.93. The van der Waals surface area contributed by atoms with Gasteiger partial charge in [-0.05, 0) is 49.9 Å². The monoisotopic (exact) mass is 249 g/mol. The van der Waals surface area contributed by atoms with Crippen LogP contribution in [0.25, 0.3) is 0 Å². The molecule has 1 aliphatic carbocycles. The topological polar surface area (TPSA) is 32.3 Å². The van der Waals surface area contributed by atoms with Crippen molar-refractivity contribution in [1.82, 2.24) is 5.32 Å². The van der Waals surface area contributed by atoms with E-state index in [1.165, 1.54) is 37.0 Å². The van der Waals surface area contributed by atoms with Crippen LogP contribution in [0.5, 0.6) is 0 Å². The summed E-state index contributed by atoms with van der Waals surface area (Å²) in [5.41, 5.74) is 2.14. The lowest BCUT2D eigenvalue weighted by Crippen LogP contribution is -2.22. The zero-order chi connectivity index (χ0) is 12.8. The lowest BCUT2D eigenvalue weighted by molar-refractivity contribution is 0.174. The first-order valence-electron chi connectivity index (χ1n) is 6.58. The van der Waals surface area contributed by atoms with Crippen LogP contribution >= 0.6 is 0 Å². The van der Waals surface area contributed by atoms with Gasteiger partial charge in [-0.3, -0.25) is 0 Å². The number of benzene rings is 1. The second-order valence-electron chi connectivity index (χ2n) is 4.78. The summed E-state index contributed by atoms with van der Waals surface area (Å²) in [6.45, 7) is 1.34. The largest absolute Gasteiger partial charge is 0.387 e. The molecule has 1 aliphatic rings. The normalized spacial score (nSPS) is 16.7. The fraction of sp³-hybridized carbons (Fsp3) is 0.467. The van der Waals surface area contributed by atoms with Gasteiger partial charge in [0.1, 0.15) is 5.82 Å². The summed E-state index contributed by atoms with van der Waals surface area (Å²) in [4.78, 5) is 0. The third-order valence-electron chi connectivity index (χ3n) is 3.33. The van der Waals surface area contributed by atoms with Crippen molar-refractivity contribution in [3.63, 3.8) is 0 Å². The molecule has 98 valence electrons. The molecule has 0 heterocycles. The van der Waals surface area contributed by atoms with Crippen molar-refractivity contribution in [2.75, 3.05) is 13.1 Å². The molecule has 3 heteroatoms. The Bertz CT molecular complexity index is 417. The molecule has 18 heavy (non-hydrogen) atoms. The van der Waals surface area contributed by atoms with Gasteiger partial charge in [-0.15, -0.1) is 0 Å². The Labute approximate surface area is 108 Å². The van der Waals surface area contributed by atoms with Crippen LogP contribution < -0.4 is 5.32 Å². The fourth-order valence-electron chi connectivity index (χ4n) is 2.28. The average Bonchev–Trinajstić information content (AvgIpc) is 2.87. The van der Waals surface area contributed by atoms with E-state index in [1.54, 1.807) is 12.1 Å². The molecule has 0 bridgehead atoms. The highest BCUT2D eigenvalue weighted by molar-refractivity contribution is 5.19. The van der Waals surface area contributed by atoms with E-state index in [4.69, 9.17) is 0 Å². The number of nitrogens with one attached hydrogen (secondary N) is 1. The number of aliphatic hydroxyl groups is 1. The highest BCUT2D eigenvalue weighted by atomic mass is 19.1. The van der Waals surface area contributed by atoms with Crippen molar-refractivity contribution < 1.29 is 9.50 Å². The fourth-order valence-corrected chi connectivity index (χ4v) is 2.28. The van der Waals surface area contributed by atoms with Gasteiger partial charge in [-0.1, -0.05) is 23.8 Å². The lowest BCUT2D eigenvalue weighted by Gasteiger charge is -2.12. The van der Waals surface area contributed by atoms with E-state index in [9.17, 15) is 9.50 Å². The molecule has 0 spiro atoms. The summed E-state index contributed by atoms with van der Waals surface area (Å²) in [6, 6.07) is 6.13. The molecule has 1 atom stereocenters. The predicted octanol–water partition coefficient (Wildman–Crippen LogP) is 2.95. The van der Waals surface area contributed by atoms with Crippen molar-refractivity contribution in [2.24, 2.45) is 0 Å². The van der Waals surface area contributed by atoms with Gasteiger partial charge in [0.2, 0.25) is 0 Å². The van der Waals surface area contributed by atoms with Gasteiger partial charge in [0, 0.05) is 6.54 Å². The summed E-state index contributed by atoms with van der Waals surface area (Å²) in [7, 11) is 0. The van der Waals surface area contributed by atoms with Crippen LogP contribution in [0.3, 0.4) is 0 Å². The first kappa shape index (κ1) is 13.2. The average molecular weight is 249 g/mol. The summed E-state index contributed by atoms with van der Waals surface area (Å²) in [5, 5.41) is 13.1. The maximum atomic E-state index is 13.0. The van der Waals surface area contributed by atoms with Gasteiger partial charge in [0.05, 0.1) is 6.10 Å². The molecule has 2 nitrogen and oxygen atoms in total. The van der Waals surface area contributed by atoms with Crippen LogP contribution in [0, 0.1) is 5.82 Å². The van der Waals surface area contributed by atoms with E-state index >= 15 is 0 Å². The molecule has 1 unspecified atom stereocenters. The summed E-state index contributed by atoms with van der Waals surface area (Å²) < 4.78 is 13.0. The Kier molecular flexibility index (Phi) is 4.90. The molecule has 1 aromatic rings. The van der Waals surface area contributed by atoms with Gasteiger partial charge < -0.3 is 10.4 Å². The van der Waals surface area contributed by atoms with Gasteiger partial charge in [-0.25, -0.2) is 4.39 Å². The van der Waals surface area contributed by atoms with Crippen LogP contribution in [0.4, 0.5) is 4.39 Å². The van der Waals surface area contributed by atoms with Crippen molar-refractivity contribution in [3.05, 3.63) is 47.3 Å². The van der Waals surface area contributed by atoms with E-state index in [0.717, 1.165) is 13.0 Å². The minimum Gasteiger partial charge on any atom is -0.387 e. The number of hydrogen-bond donors (Lipinski definition) is 2. The minimum absolute atomic E-state index is 0.303. The Balaban J connectivity index is 1.69. The predicted molar refractivity (Wildman–Crippen MR) is 70.8 cm³/mol. The molecule has 0 fully saturated rings. The number of halogens is 1. The molecule has 2 rings (SSSR count). The Morgan fingerprint density at radius 1 is 1.39 bits per heavy atom. The summed E-state index contributed by atoms with van der Waals surface area (Å²) >= 11 is 0. The first-order chi connectivity index (χ1) is 8.75. The molecule has 0 saturated heterocycles. The van der Waals surface area contributed by atoms with Crippen molar-refractivity contribution in [2.45, 2.75) is 31.8 Å². The Morgan fingerprint density at radius 2 is 2.28 bits per heavy atom. The molecular formula is C15H20FNO. The van der Waals surface area contributed by atoms with E-state index in [1.807, 2.05) is 0 Å². The second-order valence-corrected chi connectivity index (χ2v) is 4.78. The molecule has 2 N–H and O–H groups in total. The zero-order valence-electron chi connectivity index (χ0n) is 10.5. The second kappa shape index (κ2) is 6.66. The van der Waals surface area contributed by atoms with E-state index < -0.39 is 6.10 Å². The van der Waals surface area contributed by atoms with Gasteiger partial charge >= 0.3 is 0 Å². The minimum atomic E-state index is -0.641. The zero-order valence-corrected chi connectivity index (χ0v) is 10.5. The molecule has 0 amide bonds. The molecule has 0 saturated carbocycles. The van der Waals surface area contributed by atoms with Gasteiger partial charge in [0.15, 0.2) is 0 Å². The van der Waals surface area contributed by atoms with E-state index in [2.05, 4.69) is 11.4 Å². The van der Waals surface area contributed by atoms with Crippen LogP contribution in [0.15, 0.2) is 35.9 Å². The van der Waals surface area contributed by atoms with Crippen LogP contribution in [0.1, 0.15) is 37.4 Å². The van der Waals surface area contributed by atoms with E-state index in [0.29, 0.717) is 12.1 Å². The van der Waals surface area contributed by atoms with Gasteiger partial charge in [-0.2, -0.15) is 0 Å². The van der Waals surface area contributed by atoms with Crippen LogP contribution in [-0.4, -0.2) is 18.2 Å².